The fourth-order valence-electron chi connectivity index (χ4n) is 2.36. The fraction of sp³-hybridized carbons (Fsp3) is 0.846. The second kappa shape index (κ2) is 6.90. The van der Waals surface area contributed by atoms with Gasteiger partial charge in [0, 0.05) is 31.1 Å². The van der Waals surface area contributed by atoms with Crippen LogP contribution >= 0.6 is 0 Å². The summed E-state index contributed by atoms with van der Waals surface area (Å²) < 4.78 is 5.56. The molecule has 0 saturated heterocycles. The number of carboxylic acids is 1. The third kappa shape index (κ3) is 3.83. The van der Waals surface area contributed by atoms with Gasteiger partial charge in [-0.1, -0.05) is 13.8 Å². The number of carbonyl (C=O) groups is 2. The summed E-state index contributed by atoms with van der Waals surface area (Å²) in [6, 6.07) is -1.66. The highest BCUT2D eigenvalue weighted by molar-refractivity contribution is 5.82. The Balaban J connectivity index is 2.45. The first-order valence-corrected chi connectivity index (χ1v) is 6.85. The Bertz CT molecular complexity index is 359. The Morgan fingerprint density at radius 3 is 2.55 bits per heavy atom. The van der Waals surface area contributed by atoms with Gasteiger partial charge >= 0.3 is 12.0 Å². The summed E-state index contributed by atoms with van der Waals surface area (Å²) in [7, 11) is 0. The first kappa shape index (κ1) is 16.7. The lowest BCUT2D eigenvalue weighted by molar-refractivity contribution is -0.139. The highest BCUT2D eigenvalue weighted by Crippen LogP contribution is 2.42. The predicted molar refractivity (Wildman–Crippen MR) is 72.4 cm³/mol. The van der Waals surface area contributed by atoms with Gasteiger partial charge in [-0.3, -0.25) is 0 Å². The van der Waals surface area contributed by atoms with Crippen molar-refractivity contribution in [2.45, 2.75) is 51.8 Å². The average molecular weight is 288 g/mol. The number of carboxylic acid groups (broad SMARTS) is 1. The summed E-state index contributed by atoms with van der Waals surface area (Å²) in [4.78, 5) is 22.7. The summed E-state index contributed by atoms with van der Waals surface area (Å²) in [5.41, 5.74) is -0.178. The number of aliphatic hydroxyl groups excluding tert-OH is 1. The van der Waals surface area contributed by atoms with Crippen LogP contribution in [0.4, 0.5) is 4.79 Å². The summed E-state index contributed by atoms with van der Waals surface area (Å²) in [5.74, 6) is -1.16. The molecule has 1 aliphatic carbocycles. The van der Waals surface area contributed by atoms with Crippen molar-refractivity contribution in [1.29, 1.82) is 0 Å². The quantitative estimate of drug-likeness (QED) is 0.540. The third-order valence-electron chi connectivity index (χ3n) is 3.87. The largest absolute Gasteiger partial charge is 0.480 e. The number of rotatable bonds is 7. The van der Waals surface area contributed by atoms with Crippen molar-refractivity contribution in [2.75, 3.05) is 13.2 Å². The lowest BCUT2D eigenvalue weighted by Crippen LogP contribution is -2.64. The molecule has 20 heavy (non-hydrogen) atoms. The van der Waals surface area contributed by atoms with Gasteiger partial charge in [0.15, 0.2) is 0 Å². The maximum Gasteiger partial charge on any atom is 0.326 e. The molecule has 0 aromatic carbocycles. The Kier molecular flexibility index (Phi) is 5.76. The van der Waals surface area contributed by atoms with Crippen LogP contribution in [0.2, 0.25) is 0 Å². The standard InChI is InChI=1S/C13H24N2O5/c1-4-20-10-7-9(13(10,2)3)15-12(19)14-8(5-6-16)11(17)18/h8-10,16H,4-7H2,1-3H3,(H,17,18)(H2,14,15,19)/t8-,9?,10?/m0/s1. The predicted octanol–water partition coefficient (Wildman–Crippen LogP) is 0.325. The number of hydrogen-bond acceptors (Lipinski definition) is 4. The third-order valence-corrected chi connectivity index (χ3v) is 3.87. The second-order valence-electron chi connectivity index (χ2n) is 5.57. The van der Waals surface area contributed by atoms with Crippen molar-refractivity contribution < 1.29 is 24.5 Å². The zero-order valence-corrected chi connectivity index (χ0v) is 12.2. The first-order valence-electron chi connectivity index (χ1n) is 6.85. The molecule has 116 valence electrons. The molecule has 2 amide bonds. The zero-order chi connectivity index (χ0) is 15.3. The number of carbonyl (C=O) groups excluding carboxylic acids is 1. The van der Waals surface area contributed by atoms with Gasteiger partial charge in [0.05, 0.1) is 6.10 Å². The van der Waals surface area contributed by atoms with Crippen LogP contribution in [0.25, 0.3) is 0 Å². The molecular formula is C13H24N2O5. The summed E-state index contributed by atoms with van der Waals surface area (Å²) in [5, 5.41) is 22.8. The fourth-order valence-corrected chi connectivity index (χ4v) is 2.36. The number of aliphatic hydroxyl groups is 1. The molecule has 7 nitrogen and oxygen atoms in total. The normalized spacial score (nSPS) is 25.4. The number of ether oxygens (including phenoxy) is 1. The van der Waals surface area contributed by atoms with E-state index in [2.05, 4.69) is 10.6 Å². The minimum absolute atomic E-state index is 0.0155. The van der Waals surface area contributed by atoms with E-state index < -0.39 is 18.0 Å². The number of nitrogens with one attached hydrogen (secondary N) is 2. The number of hydrogen-bond donors (Lipinski definition) is 4. The van der Waals surface area contributed by atoms with Crippen LogP contribution in [0, 0.1) is 5.41 Å². The lowest BCUT2D eigenvalue weighted by atomic mass is 9.64. The van der Waals surface area contributed by atoms with E-state index in [9.17, 15) is 9.59 Å². The van der Waals surface area contributed by atoms with Crippen LogP contribution in [0.5, 0.6) is 0 Å². The number of amides is 2. The van der Waals surface area contributed by atoms with Crippen molar-refractivity contribution in [3.8, 4) is 0 Å². The topological polar surface area (TPSA) is 108 Å². The van der Waals surface area contributed by atoms with E-state index in [0.717, 1.165) is 0 Å². The molecule has 0 heterocycles. The van der Waals surface area contributed by atoms with E-state index in [1.54, 1.807) is 0 Å². The summed E-state index contributed by atoms with van der Waals surface area (Å²) >= 11 is 0. The molecule has 1 aliphatic rings. The molecule has 4 N–H and O–H groups in total. The first-order chi connectivity index (χ1) is 9.32. The van der Waals surface area contributed by atoms with Gasteiger partial charge in [-0.05, 0) is 13.3 Å². The van der Waals surface area contributed by atoms with Crippen molar-refractivity contribution in [3.63, 3.8) is 0 Å². The maximum atomic E-state index is 11.8. The van der Waals surface area contributed by atoms with Gasteiger partial charge in [0.2, 0.25) is 0 Å². The van der Waals surface area contributed by atoms with E-state index in [4.69, 9.17) is 14.9 Å². The molecule has 1 rings (SSSR count). The van der Waals surface area contributed by atoms with Gasteiger partial charge in [-0.15, -0.1) is 0 Å². The zero-order valence-electron chi connectivity index (χ0n) is 12.2. The van der Waals surface area contributed by atoms with Crippen LogP contribution in [0.3, 0.4) is 0 Å². The minimum atomic E-state index is -1.16. The van der Waals surface area contributed by atoms with Crippen molar-refractivity contribution >= 4 is 12.0 Å². The molecule has 0 aromatic rings. The van der Waals surface area contributed by atoms with Gasteiger partial charge in [-0.25, -0.2) is 9.59 Å². The van der Waals surface area contributed by atoms with Crippen LogP contribution in [0.15, 0.2) is 0 Å². The minimum Gasteiger partial charge on any atom is -0.480 e. The Labute approximate surface area is 118 Å². The number of aliphatic carboxylic acids is 1. The smallest absolute Gasteiger partial charge is 0.326 e. The van der Waals surface area contributed by atoms with Crippen LogP contribution < -0.4 is 10.6 Å². The highest BCUT2D eigenvalue weighted by atomic mass is 16.5. The molecule has 2 unspecified atom stereocenters. The Morgan fingerprint density at radius 1 is 1.45 bits per heavy atom. The summed E-state index contributed by atoms with van der Waals surface area (Å²) in [6.45, 7) is 6.27. The molecule has 7 heteroatoms. The SMILES string of the molecule is CCOC1CC(NC(=O)N[C@@H](CCO)C(=O)O)C1(C)C. The average Bonchev–Trinajstić information content (AvgIpc) is 2.37. The van der Waals surface area contributed by atoms with Crippen LogP contribution in [-0.2, 0) is 9.53 Å². The molecule has 0 aromatic heterocycles. The van der Waals surface area contributed by atoms with E-state index in [1.807, 2.05) is 20.8 Å². The highest BCUT2D eigenvalue weighted by Gasteiger charge is 2.49. The van der Waals surface area contributed by atoms with E-state index in [0.29, 0.717) is 13.0 Å². The van der Waals surface area contributed by atoms with Gasteiger partial charge in [0.25, 0.3) is 0 Å². The Morgan fingerprint density at radius 2 is 2.10 bits per heavy atom. The lowest BCUT2D eigenvalue weighted by Gasteiger charge is -2.51. The van der Waals surface area contributed by atoms with Crippen LogP contribution in [0.1, 0.15) is 33.6 Å². The van der Waals surface area contributed by atoms with E-state index in [1.165, 1.54) is 0 Å². The van der Waals surface area contributed by atoms with E-state index in [-0.39, 0.29) is 30.6 Å². The maximum absolute atomic E-state index is 11.8. The molecule has 1 fully saturated rings. The van der Waals surface area contributed by atoms with E-state index >= 15 is 0 Å². The molecular weight excluding hydrogens is 264 g/mol. The van der Waals surface area contributed by atoms with Crippen molar-refractivity contribution in [3.05, 3.63) is 0 Å². The number of urea groups is 1. The van der Waals surface area contributed by atoms with Crippen molar-refractivity contribution in [1.82, 2.24) is 10.6 Å². The monoisotopic (exact) mass is 288 g/mol. The van der Waals surface area contributed by atoms with Gasteiger partial charge in [0.1, 0.15) is 6.04 Å². The second-order valence-corrected chi connectivity index (χ2v) is 5.57. The van der Waals surface area contributed by atoms with Crippen LogP contribution in [-0.4, -0.2) is 53.6 Å². The molecule has 0 spiro atoms. The molecule has 0 radical (unpaired) electrons. The van der Waals surface area contributed by atoms with Gasteiger partial charge in [-0.2, -0.15) is 0 Å². The molecule has 0 bridgehead atoms. The van der Waals surface area contributed by atoms with Crippen molar-refractivity contribution in [2.24, 2.45) is 5.41 Å². The summed E-state index contributed by atoms with van der Waals surface area (Å²) in [6.07, 6.45) is 0.801. The molecule has 0 aliphatic heterocycles. The molecule has 1 saturated carbocycles. The Hall–Kier alpha value is -1.34. The molecule has 3 atom stereocenters. The van der Waals surface area contributed by atoms with Gasteiger partial charge < -0.3 is 25.6 Å².